The summed E-state index contributed by atoms with van der Waals surface area (Å²) in [6.07, 6.45) is 3.63. The van der Waals surface area contributed by atoms with Crippen LogP contribution in [-0.2, 0) is 10.0 Å². The predicted molar refractivity (Wildman–Crippen MR) is 90.9 cm³/mol. The molecule has 9 heteroatoms. The molecule has 21 heavy (non-hydrogen) atoms. The van der Waals surface area contributed by atoms with Crippen LogP contribution < -0.4 is 4.72 Å². The molecule has 0 bridgehead atoms. The summed E-state index contributed by atoms with van der Waals surface area (Å²) in [5.74, 6) is 0.383. The van der Waals surface area contributed by atoms with E-state index in [-0.39, 0.29) is 4.90 Å². The summed E-state index contributed by atoms with van der Waals surface area (Å²) in [6.45, 7) is 0. The summed E-state index contributed by atoms with van der Waals surface area (Å²) in [7, 11) is -3.66. The Kier molecular flexibility index (Phi) is 4.19. The number of benzene rings is 1. The predicted octanol–water partition coefficient (Wildman–Crippen LogP) is 4.38. The topological polar surface area (TPSA) is 74.8 Å². The van der Waals surface area contributed by atoms with Crippen LogP contribution in [0.2, 0.25) is 0 Å². The van der Waals surface area contributed by atoms with Crippen LogP contribution in [-0.4, -0.2) is 18.6 Å². The number of hydrogen-bond donors (Lipinski definition) is 2. The van der Waals surface area contributed by atoms with E-state index in [1.165, 1.54) is 6.20 Å². The van der Waals surface area contributed by atoms with Crippen LogP contribution in [0.15, 0.2) is 36.6 Å². The second-order valence-electron chi connectivity index (χ2n) is 4.78. The van der Waals surface area contributed by atoms with Gasteiger partial charge < -0.3 is 0 Å². The smallest absolute Gasteiger partial charge is 0.262 e. The van der Waals surface area contributed by atoms with Gasteiger partial charge in [0.2, 0.25) is 0 Å². The van der Waals surface area contributed by atoms with E-state index in [1.807, 2.05) is 0 Å². The van der Waals surface area contributed by atoms with Crippen LogP contribution in [0.5, 0.6) is 0 Å². The number of nitrogens with one attached hydrogen (secondary N) is 2. The lowest BCUT2D eigenvalue weighted by Crippen LogP contribution is -2.13. The third-order valence-electron chi connectivity index (χ3n) is 3.17. The molecule has 5 nitrogen and oxygen atoms in total. The molecule has 0 amide bonds. The molecule has 1 heterocycles. The quantitative estimate of drug-likeness (QED) is 0.613. The standard InChI is InChI=1S/C12H10Br3N3O2S/c13-8-3-7(4-9(14)11(8)15)21(19,20)18-10-5-16-17-12(10)6-1-2-6/h3-6,18H,1-2H2,(H,16,17). The Morgan fingerprint density at radius 1 is 1.19 bits per heavy atom. The molecule has 112 valence electrons. The number of rotatable bonds is 4. The number of nitrogens with zero attached hydrogens (tertiary/aromatic N) is 1. The fourth-order valence-corrected chi connectivity index (χ4v) is 4.79. The van der Waals surface area contributed by atoms with Crippen molar-refractivity contribution in [2.24, 2.45) is 0 Å². The first-order valence-corrected chi connectivity index (χ1v) is 9.95. The lowest BCUT2D eigenvalue weighted by molar-refractivity contribution is 0.601. The third kappa shape index (κ3) is 3.20. The normalized spacial score (nSPS) is 15.2. The van der Waals surface area contributed by atoms with Gasteiger partial charge in [-0.2, -0.15) is 5.10 Å². The highest BCUT2D eigenvalue weighted by molar-refractivity contribution is 9.14. The number of halogens is 3. The lowest BCUT2D eigenvalue weighted by atomic mass is 10.3. The highest BCUT2D eigenvalue weighted by Crippen LogP contribution is 2.42. The van der Waals surface area contributed by atoms with E-state index in [2.05, 4.69) is 62.7 Å². The van der Waals surface area contributed by atoms with Crippen molar-refractivity contribution in [1.82, 2.24) is 10.2 Å². The minimum absolute atomic E-state index is 0.174. The van der Waals surface area contributed by atoms with Crippen molar-refractivity contribution in [2.45, 2.75) is 23.7 Å². The van der Waals surface area contributed by atoms with Gasteiger partial charge in [0.1, 0.15) is 0 Å². The van der Waals surface area contributed by atoms with Gasteiger partial charge in [-0.05, 0) is 72.8 Å². The summed E-state index contributed by atoms with van der Waals surface area (Å²) in [4.78, 5) is 0.174. The van der Waals surface area contributed by atoms with Gasteiger partial charge >= 0.3 is 0 Å². The zero-order chi connectivity index (χ0) is 15.2. The van der Waals surface area contributed by atoms with E-state index in [9.17, 15) is 8.42 Å². The van der Waals surface area contributed by atoms with Crippen LogP contribution in [0.3, 0.4) is 0 Å². The molecule has 1 aromatic carbocycles. The lowest BCUT2D eigenvalue weighted by Gasteiger charge is -2.10. The van der Waals surface area contributed by atoms with E-state index >= 15 is 0 Å². The summed E-state index contributed by atoms with van der Waals surface area (Å²) in [5.41, 5.74) is 1.38. The number of aromatic amines is 1. The molecule has 1 aliphatic rings. The van der Waals surface area contributed by atoms with Gasteiger partial charge in [0, 0.05) is 19.3 Å². The molecule has 0 atom stereocenters. The van der Waals surface area contributed by atoms with Gasteiger partial charge in [0.05, 0.1) is 22.5 Å². The molecule has 2 N–H and O–H groups in total. The Morgan fingerprint density at radius 3 is 2.38 bits per heavy atom. The molecule has 0 unspecified atom stereocenters. The second kappa shape index (κ2) is 5.68. The average molecular weight is 500 g/mol. The summed E-state index contributed by atoms with van der Waals surface area (Å²) in [6, 6.07) is 3.10. The fourth-order valence-electron chi connectivity index (χ4n) is 1.95. The van der Waals surface area contributed by atoms with E-state index in [4.69, 9.17) is 0 Å². The maximum atomic E-state index is 12.5. The first-order chi connectivity index (χ1) is 9.88. The van der Waals surface area contributed by atoms with Crippen LogP contribution in [0.4, 0.5) is 5.69 Å². The van der Waals surface area contributed by atoms with Gasteiger partial charge in [-0.25, -0.2) is 8.42 Å². The average Bonchev–Trinajstić information content (AvgIpc) is 3.16. The molecule has 1 aromatic heterocycles. The Morgan fingerprint density at radius 2 is 1.81 bits per heavy atom. The zero-order valence-corrected chi connectivity index (χ0v) is 16.1. The van der Waals surface area contributed by atoms with E-state index < -0.39 is 10.0 Å². The van der Waals surface area contributed by atoms with Gasteiger partial charge in [0.25, 0.3) is 10.0 Å². The highest BCUT2D eigenvalue weighted by atomic mass is 79.9. The minimum Gasteiger partial charge on any atom is -0.280 e. The largest absolute Gasteiger partial charge is 0.280 e. The van der Waals surface area contributed by atoms with Gasteiger partial charge in [-0.1, -0.05) is 0 Å². The van der Waals surface area contributed by atoms with E-state index in [1.54, 1.807) is 12.1 Å². The molecular formula is C12H10Br3N3O2S. The van der Waals surface area contributed by atoms with Crippen molar-refractivity contribution in [1.29, 1.82) is 0 Å². The monoisotopic (exact) mass is 497 g/mol. The van der Waals surface area contributed by atoms with Crippen molar-refractivity contribution in [2.75, 3.05) is 4.72 Å². The van der Waals surface area contributed by atoms with E-state index in [0.717, 1.165) is 23.0 Å². The molecule has 0 radical (unpaired) electrons. The van der Waals surface area contributed by atoms with Gasteiger partial charge in [0.15, 0.2) is 0 Å². The fraction of sp³-hybridized carbons (Fsp3) is 0.250. The SMILES string of the molecule is O=S(=O)(Nc1cn[nH]c1C1CC1)c1cc(Br)c(Br)c(Br)c1. The molecule has 0 saturated heterocycles. The molecule has 3 rings (SSSR count). The molecule has 1 saturated carbocycles. The number of anilines is 1. The first kappa shape index (κ1) is 15.5. The van der Waals surface area contributed by atoms with Crippen molar-refractivity contribution < 1.29 is 8.42 Å². The summed E-state index contributed by atoms with van der Waals surface area (Å²) < 4.78 is 29.7. The van der Waals surface area contributed by atoms with Crippen LogP contribution in [0.1, 0.15) is 24.5 Å². The molecule has 0 aliphatic heterocycles. The molecule has 2 aromatic rings. The van der Waals surface area contributed by atoms with Crippen molar-refractivity contribution in [3.63, 3.8) is 0 Å². The van der Waals surface area contributed by atoms with Gasteiger partial charge in [-0.15, -0.1) is 0 Å². The maximum absolute atomic E-state index is 12.5. The minimum atomic E-state index is -3.66. The van der Waals surface area contributed by atoms with Crippen molar-refractivity contribution in [3.8, 4) is 0 Å². The molecular weight excluding hydrogens is 490 g/mol. The van der Waals surface area contributed by atoms with E-state index in [0.29, 0.717) is 20.6 Å². The highest BCUT2D eigenvalue weighted by Gasteiger charge is 2.29. The Labute approximate surface area is 147 Å². The molecule has 0 spiro atoms. The first-order valence-electron chi connectivity index (χ1n) is 6.09. The van der Waals surface area contributed by atoms with Crippen LogP contribution >= 0.6 is 47.8 Å². The zero-order valence-electron chi connectivity index (χ0n) is 10.5. The third-order valence-corrected chi connectivity index (χ3v) is 7.68. The van der Waals surface area contributed by atoms with Gasteiger partial charge in [-0.3, -0.25) is 9.82 Å². The Hall–Kier alpha value is -0.380. The summed E-state index contributed by atoms with van der Waals surface area (Å²) in [5, 5.41) is 6.80. The number of aromatic nitrogens is 2. The number of sulfonamides is 1. The van der Waals surface area contributed by atoms with Crippen LogP contribution in [0.25, 0.3) is 0 Å². The van der Waals surface area contributed by atoms with Crippen LogP contribution in [0, 0.1) is 0 Å². The number of H-pyrrole nitrogens is 1. The second-order valence-corrected chi connectivity index (χ2v) is 8.96. The van der Waals surface area contributed by atoms with Crippen molar-refractivity contribution in [3.05, 3.63) is 37.4 Å². The maximum Gasteiger partial charge on any atom is 0.262 e. The number of hydrogen-bond acceptors (Lipinski definition) is 3. The summed E-state index contributed by atoms with van der Waals surface area (Å²) >= 11 is 10.0. The molecule has 1 aliphatic carbocycles. The van der Waals surface area contributed by atoms with Crippen molar-refractivity contribution >= 4 is 63.5 Å². The Balaban J connectivity index is 1.95. The Bertz CT molecular complexity index is 777. The molecule has 1 fully saturated rings.